The van der Waals surface area contributed by atoms with Gasteiger partial charge in [0.2, 0.25) is 11.8 Å². The minimum atomic E-state index is -0.606. The Morgan fingerprint density at radius 3 is 2.41 bits per heavy atom. The second-order valence-electron chi connectivity index (χ2n) is 7.15. The van der Waals surface area contributed by atoms with Crippen molar-refractivity contribution in [2.75, 3.05) is 5.32 Å². The lowest BCUT2D eigenvalue weighted by atomic mass is 10.2. The van der Waals surface area contributed by atoms with Crippen LogP contribution < -0.4 is 5.32 Å². The van der Waals surface area contributed by atoms with E-state index in [2.05, 4.69) is 10.3 Å². The highest BCUT2D eigenvalue weighted by molar-refractivity contribution is 8.15. The van der Waals surface area contributed by atoms with Gasteiger partial charge in [-0.05, 0) is 54.1 Å². The molecule has 1 heterocycles. The molecular formula is C24H19ClFN3O2S. The second kappa shape index (κ2) is 9.97. The summed E-state index contributed by atoms with van der Waals surface area (Å²) in [6.07, 6.45) is -0.0220. The molecule has 0 aliphatic carbocycles. The Labute approximate surface area is 194 Å². The number of anilines is 1. The van der Waals surface area contributed by atoms with Gasteiger partial charge in [0.05, 0.1) is 12.2 Å². The number of hydrogen-bond acceptors (Lipinski definition) is 4. The summed E-state index contributed by atoms with van der Waals surface area (Å²) in [4.78, 5) is 31.9. The minimum Gasteiger partial charge on any atom is -0.326 e. The van der Waals surface area contributed by atoms with Crippen molar-refractivity contribution in [3.05, 3.63) is 95.3 Å². The van der Waals surface area contributed by atoms with Crippen molar-refractivity contribution in [3.8, 4) is 0 Å². The van der Waals surface area contributed by atoms with Crippen LogP contribution in [0.25, 0.3) is 0 Å². The normalized spacial score (nSPS) is 17.1. The molecule has 3 aromatic carbocycles. The van der Waals surface area contributed by atoms with Gasteiger partial charge in [-0.3, -0.25) is 14.5 Å². The predicted octanol–water partition coefficient (Wildman–Crippen LogP) is 5.64. The minimum absolute atomic E-state index is 0.0220. The summed E-state index contributed by atoms with van der Waals surface area (Å²) in [5.41, 5.74) is 2.10. The van der Waals surface area contributed by atoms with Gasteiger partial charge in [-0.15, -0.1) is 0 Å². The lowest BCUT2D eigenvalue weighted by Crippen LogP contribution is -2.33. The highest BCUT2D eigenvalue weighted by Gasteiger charge is 2.39. The quantitative estimate of drug-likeness (QED) is 0.510. The second-order valence-corrected chi connectivity index (χ2v) is 8.75. The molecule has 1 fully saturated rings. The van der Waals surface area contributed by atoms with E-state index in [0.717, 1.165) is 11.3 Å². The van der Waals surface area contributed by atoms with Gasteiger partial charge in [0, 0.05) is 17.1 Å². The topological polar surface area (TPSA) is 61.8 Å². The van der Waals surface area contributed by atoms with Crippen molar-refractivity contribution in [3.63, 3.8) is 0 Å². The fraction of sp³-hybridized carbons (Fsp3) is 0.125. The van der Waals surface area contributed by atoms with Crippen LogP contribution in [0.3, 0.4) is 0 Å². The van der Waals surface area contributed by atoms with E-state index < -0.39 is 5.25 Å². The number of halogens is 2. The molecular weight excluding hydrogens is 449 g/mol. The molecule has 8 heteroatoms. The van der Waals surface area contributed by atoms with E-state index in [1.165, 1.54) is 36.0 Å². The van der Waals surface area contributed by atoms with Gasteiger partial charge in [-0.2, -0.15) is 0 Å². The third-order valence-corrected chi connectivity index (χ3v) is 6.18. The predicted molar refractivity (Wildman–Crippen MR) is 127 cm³/mol. The molecule has 0 aromatic heterocycles. The number of carbonyl (C=O) groups is 2. The molecule has 2 amide bonds. The van der Waals surface area contributed by atoms with Crippen molar-refractivity contribution in [2.24, 2.45) is 4.99 Å². The molecule has 1 atom stereocenters. The third kappa shape index (κ3) is 5.55. The molecule has 1 aliphatic rings. The summed E-state index contributed by atoms with van der Waals surface area (Å²) in [5, 5.41) is 3.25. The molecule has 4 rings (SSSR count). The fourth-order valence-electron chi connectivity index (χ4n) is 3.17. The molecule has 0 bridgehead atoms. The standard InChI is InChI=1S/C24H19ClFN3O2S/c25-17-8-6-16(7-9-17)15-29-23(31)21(32-24(29)28-19-4-2-1-3-5-19)14-22(30)27-20-12-10-18(26)11-13-20/h1-13,21H,14-15H2,(H,27,30)/t21-/m0/s1. The van der Waals surface area contributed by atoms with Crippen LogP contribution in [0.1, 0.15) is 12.0 Å². The molecule has 0 radical (unpaired) electrons. The van der Waals surface area contributed by atoms with Gasteiger partial charge < -0.3 is 5.32 Å². The Morgan fingerprint density at radius 2 is 1.72 bits per heavy atom. The zero-order valence-corrected chi connectivity index (χ0v) is 18.4. The Morgan fingerprint density at radius 1 is 1.03 bits per heavy atom. The maximum atomic E-state index is 13.2. The van der Waals surface area contributed by atoms with Crippen molar-refractivity contribution in [2.45, 2.75) is 18.2 Å². The largest absolute Gasteiger partial charge is 0.326 e. The van der Waals surface area contributed by atoms with Gasteiger partial charge in [0.1, 0.15) is 11.1 Å². The number of amidine groups is 1. The first kappa shape index (κ1) is 22.0. The van der Waals surface area contributed by atoms with Crippen molar-refractivity contribution < 1.29 is 14.0 Å². The maximum absolute atomic E-state index is 13.2. The van der Waals surface area contributed by atoms with Crippen LogP contribution >= 0.6 is 23.4 Å². The van der Waals surface area contributed by atoms with E-state index in [9.17, 15) is 14.0 Å². The van der Waals surface area contributed by atoms with Gasteiger partial charge >= 0.3 is 0 Å². The third-order valence-electron chi connectivity index (χ3n) is 4.75. The van der Waals surface area contributed by atoms with E-state index in [-0.39, 0.29) is 24.1 Å². The molecule has 1 saturated heterocycles. The first-order valence-corrected chi connectivity index (χ1v) is 11.2. The Kier molecular flexibility index (Phi) is 6.87. The first-order chi connectivity index (χ1) is 15.5. The SMILES string of the molecule is O=C(C[C@@H]1SC(=Nc2ccccc2)N(Cc2ccc(Cl)cc2)C1=O)Nc1ccc(F)cc1. The Bertz CT molecular complexity index is 1140. The number of benzene rings is 3. The van der Waals surface area contributed by atoms with Crippen molar-refractivity contribution in [1.29, 1.82) is 0 Å². The zero-order valence-electron chi connectivity index (χ0n) is 16.9. The average Bonchev–Trinajstić information content (AvgIpc) is 3.06. The Hall–Kier alpha value is -3.16. The lowest BCUT2D eigenvalue weighted by molar-refractivity contribution is -0.128. The summed E-state index contributed by atoms with van der Waals surface area (Å²) in [7, 11) is 0. The number of carbonyl (C=O) groups excluding carboxylic acids is 2. The van der Waals surface area contributed by atoms with E-state index >= 15 is 0 Å². The molecule has 162 valence electrons. The van der Waals surface area contributed by atoms with Gasteiger partial charge in [-0.25, -0.2) is 9.38 Å². The lowest BCUT2D eigenvalue weighted by Gasteiger charge is -2.16. The number of thioether (sulfide) groups is 1. The van der Waals surface area contributed by atoms with Crippen LogP contribution in [0, 0.1) is 5.82 Å². The molecule has 1 aliphatic heterocycles. The molecule has 5 nitrogen and oxygen atoms in total. The van der Waals surface area contributed by atoms with Crippen LogP contribution in [0.5, 0.6) is 0 Å². The molecule has 0 unspecified atom stereocenters. The number of para-hydroxylation sites is 1. The summed E-state index contributed by atoms with van der Waals surface area (Å²) in [6, 6.07) is 22.1. The first-order valence-electron chi connectivity index (χ1n) is 9.89. The van der Waals surface area contributed by atoms with Crippen LogP contribution in [-0.4, -0.2) is 27.1 Å². The maximum Gasteiger partial charge on any atom is 0.242 e. The highest BCUT2D eigenvalue weighted by atomic mass is 35.5. The van der Waals surface area contributed by atoms with Crippen LogP contribution in [0.4, 0.5) is 15.8 Å². The van der Waals surface area contributed by atoms with Crippen LogP contribution in [0.2, 0.25) is 5.02 Å². The van der Waals surface area contributed by atoms with Crippen LogP contribution in [-0.2, 0) is 16.1 Å². The van der Waals surface area contributed by atoms with Gasteiger partial charge in [-0.1, -0.05) is 53.7 Å². The number of nitrogens with zero attached hydrogens (tertiary/aromatic N) is 2. The van der Waals surface area contributed by atoms with Crippen molar-refractivity contribution in [1.82, 2.24) is 4.90 Å². The highest BCUT2D eigenvalue weighted by Crippen LogP contribution is 2.33. The van der Waals surface area contributed by atoms with Crippen LogP contribution in [0.15, 0.2) is 83.9 Å². The number of nitrogens with one attached hydrogen (secondary N) is 1. The number of amides is 2. The summed E-state index contributed by atoms with van der Waals surface area (Å²) in [6.45, 7) is 0.324. The molecule has 32 heavy (non-hydrogen) atoms. The number of rotatable bonds is 6. The van der Waals surface area contributed by atoms with Crippen molar-refractivity contribution >= 4 is 51.7 Å². The van der Waals surface area contributed by atoms with E-state index in [0.29, 0.717) is 22.4 Å². The fourth-order valence-corrected chi connectivity index (χ4v) is 4.45. The zero-order chi connectivity index (χ0) is 22.5. The Balaban J connectivity index is 1.52. The molecule has 0 spiro atoms. The van der Waals surface area contributed by atoms with Gasteiger partial charge in [0.25, 0.3) is 0 Å². The smallest absolute Gasteiger partial charge is 0.242 e. The molecule has 1 N–H and O–H groups in total. The molecule has 3 aromatic rings. The van der Waals surface area contributed by atoms with Gasteiger partial charge in [0.15, 0.2) is 5.17 Å². The number of aliphatic imine (C=N–C) groups is 1. The van der Waals surface area contributed by atoms with E-state index in [1.807, 2.05) is 42.5 Å². The number of hydrogen-bond donors (Lipinski definition) is 1. The molecule has 0 saturated carbocycles. The monoisotopic (exact) mass is 467 g/mol. The summed E-state index contributed by atoms with van der Waals surface area (Å²) in [5.74, 6) is -0.895. The summed E-state index contributed by atoms with van der Waals surface area (Å²) >= 11 is 7.24. The van der Waals surface area contributed by atoms with E-state index in [4.69, 9.17) is 11.6 Å². The van der Waals surface area contributed by atoms with E-state index in [1.54, 1.807) is 17.0 Å². The summed E-state index contributed by atoms with van der Waals surface area (Å²) < 4.78 is 13.1. The average molecular weight is 468 g/mol.